The van der Waals surface area contributed by atoms with Crippen molar-refractivity contribution in [2.45, 2.75) is 25.2 Å². The first-order valence-corrected chi connectivity index (χ1v) is 4.88. The minimum absolute atomic E-state index is 0.188. The van der Waals surface area contributed by atoms with Gasteiger partial charge in [0.15, 0.2) is 0 Å². The summed E-state index contributed by atoms with van der Waals surface area (Å²) in [5.74, 6) is -0.406. The number of carbonyl (C=O) groups is 2. The Balaban J connectivity index is 2.35. The zero-order chi connectivity index (χ0) is 10.9. The zero-order valence-corrected chi connectivity index (χ0v) is 8.49. The zero-order valence-electron chi connectivity index (χ0n) is 8.49. The van der Waals surface area contributed by atoms with Crippen LogP contribution < -0.4 is 5.32 Å². The van der Waals surface area contributed by atoms with Gasteiger partial charge in [-0.3, -0.25) is 19.9 Å². The number of hydrogen-bond acceptors (Lipinski definition) is 3. The maximum absolute atomic E-state index is 11.8. The Hall–Kier alpha value is -1.71. The average molecular weight is 204 g/mol. The van der Waals surface area contributed by atoms with Crippen molar-refractivity contribution in [3.05, 3.63) is 30.1 Å². The van der Waals surface area contributed by atoms with Gasteiger partial charge in [0.1, 0.15) is 0 Å². The quantitative estimate of drug-likeness (QED) is 0.687. The van der Waals surface area contributed by atoms with E-state index in [0.717, 1.165) is 5.56 Å². The molecular weight excluding hydrogens is 192 g/mol. The second-order valence-corrected chi connectivity index (χ2v) is 3.95. The van der Waals surface area contributed by atoms with E-state index in [0.29, 0.717) is 12.8 Å². The molecule has 1 aliphatic heterocycles. The Kier molecular flexibility index (Phi) is 2.26. The molecule has 0 aromatic carbocycles. The maximum Gasteiger partial charge on any atom is 0.236 e. The second-order valence-electron chi connectivity index (χ2n) is 3.95. The number of hydrogen-bond donors (Lipinski definition) is 1. The number of nitrogens with one attached hydrogen (secondary N) is 1. The van der Waals surface area contributed by atoms with Gasteiger partial charge < -0.3 is 0 Å². The Labute approximate surface area is 87.7 Å². The van der Waals surface area contributed by atoms with Crippen molar-refractivity contribution in [3.8, 4) is 0 Å². The van der Waals surface area contributed by atoms with E-state index >= 15 is 0 Å². The molecule has 2 amide bonds. The highest BCUT2D eigenvalue weighted by Crippen LogP contribution is 2.31. The van der Waals surface area contributed by atoms with Crippen LogP contribution in [0, 0.1) is 0 Å². The first-order valence-electron chi connectivity index (χ1n) is 4.88. The largest absolute Gasteiger partial charge is 0.296 e. The summed E-state index contributed by atoms with van der Waals surface area (Å²) in [7, 11) is 0. The van der Waals surface area contributed by atoms with Gasteiger partial charge in [-0.15, -0.1) is 0 Å². The number of piperidine rings is 1. The number of nitrogens with zero attached hydrogens (tertiary/aromatic N) is 1. The number of amides is 2. The van der Waals surface area contributed by atoms with Gasteiger partial charge in [-0.25, -0.2) is 0 Å². The van der Waals surface area contributed by atoms with Crippen LogP contribution in [-0.2, 0) is 15.0 Å². The summed E-state index contributed by atoms with van der Waals surface area (Å²) >= 11 is 0. The lowest BCUT2D eigenvalue weighted by molar-refractivity contribution is -0.137. The minimum atomic E-state index is -0.600. The molecule has 0 aliphatic carbocycles. The maximum atomic E-state index is 11.8. The normalized spacial score (nSPS) is 26.2. The minimum Gasteiger partial charge on any atom is -0.296 e. The summed E-state index contributed by atoms with van der Waals surface area (Å²) in [6.07, 6.45) is 4.26. The van der Waals surface area contributed by atoms with Crippen LogP contribution >= 0.6 is 0 Å². The van der Waals surface area contributed by atoms with Crippen LogP contribution in [0.4, 0.5) is 0 Å². The van der Waals surface area contributed by atoms with Gasteiger partial charge in [-0.1, -0.05) is 0 Å². The highest BCUT2D eigenvalue weighted by Gasteiger charge is 2.39. The van der Waals surface area contributed by atoms with Crippen LogP contribution in [0.3, 0.4) is 0 Å². The topological polar surface area (TPSA) is 59.1 Å². The highest BCUT2D eigenvalue weighted by molar-refractivity contribution is 6.03. The third kappa shape index (κ3) is 1.63. The van der Waals surface area contributed by atoms with Crippen LogP contribution in [0.15, 0.2) is 24.5 Å². The van der Waals surface area contributed by atoms with Crippen LogP contribution in [-0.4, -0.2) is 16.8 Å². The summed E-state index contributed by atoms with van der Waals surface area (Å²) in [5, 5.41) is 2.37. The van der Waals surface area contributed by atoms with Gasteiger partial charge in [0, 0.05) is 18.8 Å². The first kappa shape index (κ1) is 9.83. The number of rotatable bonds is 1. The van der Waals surface area contributed by atoms with Gasteiger partial charge in [-0.05, 0) is 31.0 Å². The average Bonchev–Trinajstić information content (AvgIpc) is 2.25. The van der Waals surface area contributed by atoms with E-state index in [1.54, 1.807) is 12.4 Å². The molecule has 4 heteroatoms. The first-order chi connectivity index (χ1) is 7.13. The predicted octanol–water partition coefficient (Wildman–Crippen LogP) is 0.776. The fourth-order valence-electron chi connectivity index (χ4n) is 1.80. The Morgan fingerprint density at radius 3 is 2.60 bits per heavy atom. The molecule has 1 saturated heterocycles. The van der Waals surface area contributed by atoms with E-state index in [2.05, 4.69) is 10.3 Å². The SMILES string of the molecule is C[C@]1(c2ccncc2)CCC(=O)NC1=O. The standard InChI is InChI=1S/C11H12N2O2/c1-11(8-3-6-12-7-4-8)5-2-9(14)13-10(11)15/h3-4,6-7H,2,5H2,1H3,(H,13,14,15)/t11-/m1/s1. The van der Waals surface area contributed by atoms with Crippen molar-refractivity contribution >= 4 is 11.8 Å². The van der Waals surface area contributed by atoms with Crippen molar-refractivity contribution < 1.29 is 9.59 Å². The summed E-state index contributed by atoms with van der Waals surface area (Å²) in [6.45, 7) is 1.85. The van der Waals surface area contributed by atoms with E-state index in [-0.39, 0.29) is 11.8 Å². The van der Waals surface area contributed by atoms with Gasteiger partial charge in [0.2, 0.25) is 11.8 Å². The van der Waals surface area contributed by atoms with Crippen LogP contribution in [0.1, 0.15) is 25.3 Å². The van der Waals surface area contributed by atoms with Gasteiger partial charge in [0.05, 0.1) is 5.41 Å². The fourth-order valence-corrected chi connectivity index (χ4v) is 1.80. The molecule has 0 bridgehead atoms. The molecule has 0 unspecified atom stereocenters. The summed E-state index contributed by atoms with van der Waals surface area (Å²) in [6, 6.07) is 3.63. The summed E-state index contributed by atoms with van der Waals surface area (Å²) < 4.78 is 0. The molecule has 2 rings (SSSR count). The molecule has 1 aliphatic rings. The number of imide groups is 1. The molecular formula is C11H12N2O2. The Bertz CT molecular complexity index is 402. The third-order valence-corrected chi connectivity index (χ3v) is 2.92. The van der Waals surface area contributed by atoms with Crippen molar-refractivity contribution in [1.29, 1.82) is 0 Å². The van der Waals surface area contributed by atoms with E-state index in [4.69, 9.17) is 0 Å². The van der Waals surface area contributed by atoms with Gasteiger partial charge in [0.25, 0.3) is 0 Å². The van der Waals surface area contributed by atoms with Gasteiger partial charge >= 0.3 is 0 Å². The smallest absolute Gasteiger partial charge is 0.236 e. The Morgan fingerprint density at radius 1 is 1.33 bits per heavy atom. The molecule has 0 spiro atoms. The molecule has 78 valence electrons. The Morgan fingerprint density at radius 2 is 2.00 bits per heavy atom. The van der Waals surface area contributed by atoms with Crippen LogP contribution in [0.5, 0.6) is 0 Å². The van der Waals surface area contributed by atoms with Crippen molar-refractivity contribution in [3.63, 3.8) is 0 Å². The van der Waals surface area contributed by atoms with Gasteiger partial charge in [-0.2, -0.15) is 0 Å². The molecule has 2 heterocycles. The molecule has 1 N–H and O–H groups in total. The molecule has 4 nitrogen and oxygen atoms in total. The van der Waals surface area contributed by atoms with Crippen LogP contribution in [0.2, 0.25) is 0 Å². The van der Waals surface area contributed by atoms with Crippen molar-refractivity contribution in [1.82, 2.24) is 10.3 Å². The lowest BCUT2D eigenvalue weighted by Gasteiger charge is -2.31. The number of aromatic nitrogens is 1. The molecule has 1 atom stereocenters. The lowest BCUT2D eigenvalue weighted by Crippen LogP contribution is -2.49. The lowest BCUT2D eigenvalue weighted by atomic mass is 9.76. The van der Waals surface area contributed by atoms with Crippen molar-refractivity contribution in [2.24, 2.45) is 0 Å². The molecule has 0 saturated carbocycles. The summed E-state index contributed by atoms with van der Waals surface area (Å²) in [4.78, 5) is 26.7. The molecule has 1 aromatic rings. The highest BCUT2D eigenvalue weighted by atomic mass is 16.2. The molecule has 1 aromatic heterocycles. The molecule has 0 radical (unpaired) electrons. The molecule has 15 heavy (non-hydrogen) atoms. The monoisotopic (exact) mass is 204 g/mol. The van der Waals surface area contributed by atoms with E-state index in [9.17, 15) is 9.59 Å². The van der Waals surface area contributed by atoms with E-state index in [1.165, 1.54) is 0 Å². The predicted molar refractivity (Wildman–Crippen MR) is 54.0 cm³/mol. The number of pyridine rings is 1. The van der Waals surface area contributed by atoms with E-state index < -0.39 is 5.41 Å². The number of carbonyl (C=O) groups excluding carboxylic acids is 2. The summed E-state index contributed by atoms with van der Waals surface area (Å²) in [5.41, 5.74) is 0.305. The van der Waals surface area contributed by atoms with E-state index in [1.807, 2.05) is 19.1 Å². The second kappa shape index (κ2) is 3.46. The fraction of sp³-hybridized carbons (Fsp3) is 0.364. The van der Waals surface area contributed by atoms with Crippen LogP contribution in [0.25, 0.3) is 0 Å². The van der Waals surface area contributed by atoms with Crippen molar-refractivity contribution in [2.75, 3.05) is 0 Å². The third-order valence-electron chi connectivity index (χ3n) is 2.92. The molecule has 1 fully saturated rings.